The van der Waals surface area contributed by atoms with E-state index in [1.165, 1.54) is 11.3 Å². The summed E-state index contributed by atoms with van der Waals surface area (Å²) in [6.45, 7) is 0. The highest BCUT2D eigenvalue weighted by Gasteiger charge is 2.22. The lowest BCUT2D eigenvalue weighted by atomic mass is 10.1. The molecule has 150 valence electrons. The van der Waals surface area contributed by atoms with Crippen LogP contribution in [0, 0.1) is 0 Å². The molecule has 0 fully saturated rings. The van der Waals surface area contributed by atoms with Crippen molar-refractivity contribution in [2.45, 2.75) is 0 Å². The zero-order chi connectivity index (χ0) is 20.8. The summed E-state index contributed by atoms with van der Waals surface area (Å²) >= 11 is 4.94. The van der Waals surface area contributed by atoms with Gasteiger partial charge in [-0.1, -0.05) is 27.3 Å². The molecule has 2 aromatic carbocycles. The minimum Gasteiger partial charge on any atom is -0.497 e. The lowest BCUT2D eigenvalue weighted by Gasteiger charge is -2.09. The number of methoxy groups -OCH3 is 2. The second kappa shape index (κ2) is 7.26. The van der Waals surface area contributed by atoms with E-state index in [1.807, 2.05) is 24.4 Å². The van der Waals surface area contributed by atoms with Crippen molar-refractivity contribution in [3.63, 3.8) is 0 Å². The molecule has 5 aromatic rings. The van der Waals surface area contributed by atoms with E-state index in [0.29, 0.717) is 33.4 Å². The van der Waals surface area contributed by atoms with Crippen molar-refractivity contribution in [3.8, 4) is 33.3 Å². The van der Waals surface area contributed by atoms with E-state index >= 15 is 0 Å². The molecule has 0 amide bonds. The Balaban J connectivity index is 1.69. The van der Waals surface area contributed by atoms with Crippen LogP contribution in [0.4, 0.5) is 0 Å². The molecule has 30 heavy (non-hydrogen) atoms. The first-order chi connectivity index (χ1) is 14.6. The predicted molar refractivity (Wildman–Crippen MR) is 120 cm³/mol. The Hall–Kier alpha value is -3.17. The van der Waals surface area contributed by atoms with Gasteiger partial charge in [0.05, 0.1) is 14.2 Å². The van der Waals surface area contributed by atoms with Crippen molar-refractivity contribution < 1.29 is 14.3 Å². The Kier molecular flexibility index (Phi) is 4.56. The maximum absolute atomic E-state index is 12.0. The van der Waals surface area contributed by atoms with Crippen LogP contribution in [-0.2, 0) is 0 Å². The zero-order valence-corrected chi connectivity index (χ0v) is 18.4. The van der Waals surface area contributed by atoms with Crippen molar-refractivity contribution in [3.05, 3.63) is 52.8 Å². The van der Waals surface area contributed by atoms with Crippen molar-refractivity contribution in [1.29, 1.82) is 0 Å². The number of nitrogens with zero attached hydrogens (tertiary/aromatic N) is 3. The summed E-state index contributed by atoms with van der Waals surface area (Å²) in [6.07, 6.45) is 2.69. The number of ether oxygens (including phenoxy) is 2. The van der Waals surface area contributed by atoms with Crippen molar-refractivity contribution >= 4 is 49.4 Å². The van der Waals surface area contributed by atoms with Crippen LogP contribution in [0.1, 0.15) is 10.5 Å². The van der Waals surface area contributed by atoms with Crippen LogP contribution in [0.15, 0.2) is 47.1 Å². The highest BCUT2D eigenvalue weighted by atomic mass is 79.9. The second-order valence-electron chi connectivity index (χ2n) is 6.52. The molecule has 0 aliphatic rings. The van der Waals surface area contributed by atoms with E-state index in [2.05, 4.69) is 26.0 Å². The molecule has 0 unspecified atom stereocenters. The predicted octanol–water partition coefficient (Wildman–Crippen LogP) is 5.20. The van der Waals surface area contributed by atoms with E-state index < -0.39 is 0 Å². The van der Waals surface area contributed by atoms with Crippen LogP contribution in [0.3, 0.4) is 0 Å². The van der Waals surface area contributed by atoms with E-state index in [4.69, 9.17) is 14.5 Å². The van der Waals surface area contributed by atoms with Gasteiger partial charge in [0.1, 0.15) is 27.9 Å². The molecule has 9 heteroatoms. The number of aromatic nitrogens is 4. The van der Waals surface area contributed by atoms with Crippen LogP contribution in [0.5, 0.6) is 11.5 Å². The Labute approximate surface area is 183 Å². The van der Waals surface area contributed by atoms with Crippen molar-refractivity contribution in [2.75, 3.05) is 14.2 Å². The van der Waals surface area contributed by atoms with Crippen LogP contribution in [0.2, 0.25) is 0 Å². The summed E-state index contributed by atoms with van der Waals surface area (Å²) in [4.78, 5) is 20.6. The van der Waals surface area contributed by atoms with Gasteiger partial charge >= 0.3 is 0 Å². The number of benzene rings is 2. The molecule has 0 aliphatic heterocycles. The Morgan fingerprint density at radius 2 is 2.00 bits per heavy atom. The third-order valence-corrected chi connectivity index (χ3v) is 6.32. The molecule has 3 heterocycles. The third kappa shape index (κ3) is 2.89. The fraction of sp³-hybridized carbons (Fsp3) is 0.0952. The Morgan fingerprint density at radius 1 is 1.13 bits per heavy atom. The number of carbonyl (C=O) groups is 1. The average molecular weight is 483 g/mol. The van der Waals surface area contributed by atoms with Gasteiger partial charge in [-0.15, -0.1) is 0 Å². The fourth-order valence-corrected chi connectivity index (χ4v) is 4.74. The number of aldehydes is 1. The number of hydrogen-bond donors (Lipinski definition) is 1. The normalized spacial score (nSPS) is 11.3. The summed E-state index contributed by atoms with van der Waals surface area (Å²) in [5, 5.41) is 6.50. The van der Waals surface area contributed by atoms with Gasteiger partial charge in [-0.3, -0.25) is 4.79 Å². The molecule has 0 radical (unpaired) electrons. The first-order valence-corrected chi connectivity index (χ1v) is 10.6. The SMILES string of the molecule is COc1ccc(OC)c(-c2nc3sc(-c4c[nH]c5ccc(Br)cc45)nn3c2C=O)c1. The number of H-pyrrole nitrogens is 1. The lowest BCUT2D eigenvalue weighted by Crippen LogP contribution is -1.96. The summed E-state index contributed by atoms with van der Waals surface area (Å²) in [6, 6.07) is 11.4. The first kappa shape index (κ1) is 18.8. The summed E-state index contributed by atoms with van der Waals surface area (Å²) < 4.78 is 13.4. The minimum atomic E-state index is 0.361. The summed E-state index contributed by atoms with van der Waals surface area (Å²) in [7, 11) is 3.17. The van der Waals surface area contributed by atoms with E-state index in [-0.39, 0.29) is 0 Å². The van der Waals surface area contributed by atoms with Gasteiger partial charge in [0.25, 0.3) is 0 Å². The van der Waals surface area contributed by atoms with Gasteiger partial charge in [0.15, 0.2) is 6.29 Å². The number of nitrogens with one attached hydrogen (secondary N) is 1. The second-order valence-corrected chi connectivity index (χ2v) is 8.40. The molecule has 0 saturated heterocycles. The van der Waals surface area contributed by atoms with Gasteiger partial charge in [-0.2, -0.15) is 9.61 Å². The topological polar surface area (TPSA) is 81.5 Å². The number of aromatic amines is 1. The molecule has 0 spiro atoms. The molecular weight excluding hydrogens is 468 g/mol. The van der Waals surface area contributed by atoms with E-state index in [9.17, 15) is 4.79 Å². The standard InChI is InChI=1S/C21H15BrN4O3S/c1-28-12-4-6-18(29-2)14(8-12)19-17(10-27)26-21(24-19)30-20(25-26)15-9-23-16-5-3-11(22)7-13(15)16/h3-10,23H,1-2H3. The smallest absolute Gasteiger partial charge is 0.213 e. The molecule has 5 rings (SSSR count). The maximum atomic E-state index is 12.0. The molecule has 3 aromatic heterocycles. The number of imidazole rings is 1. The number of rotatable bonds is 5. The highest BCUT2D eigenvalue weighted by Crippen LogP contribution is 2.38. The van der Waals surface area contributed by atoms with E-state index in [0.717, 1.165) is 32.2 Å². The van der Waals surface area contributed by atoms with Crippen molar-refractivity contribution in [1.82, 2.24) is 19.6 Å². The van der Waals surface area contributed by atoms with E-state index in [1.54, 1.807) is 36.9 Å². The zero-order valence-electron chi connectivity index (χ0n) is 16.0. The minimum absolute atomic E-state index is 0.361. The first-order valence-electron chi connectivity index (χ1n) is 8.97. The lowest BCUT2D eigenvalue weighted by molar-refractivity contribution is 0.111. The third-order valence-electron chi connectivity index (χ3n) is 4.89. The average Bonchev–Trinajstić information content (AvgIpc) is 3.44. The summed E-state index contributed by atoms with van der Waals surface area (Å²) in [5.74, 6) is 1.25. The molecule has 7 nitrogen and oxygen atoms in total. The fourth-order valence-electron chi connectivity index (χ4n) is 3.45. The van der Waals surface area contributed by atoms with Gasteiger partial charge in [0.2, 0.25) is 4.96 Å². The Bertz CT molecular complexity index is 1420. The molecular formula is C21H15BrN4O3S. The number of carbonyl (C=O) groups excluding carboxylic acids is 1. The van der Waals surface area contributed by atoms with Gasteiger partial charge in [-0.25, -0.2) is 4.98 Å². The largest absolute Gasteiger partial charge is 0.497 e. The van der Waals surface area contributed by atoms with Crippen LogP contribution in [-0.4, -0.2) is 40.1 Å². The Morgan fingerprint density at radius 3 is 2.77 bits per heavy atom. The molecule has 0 atom stereocenters. The van der Waals surface area contributed by atoms with Gasteiger partial charge in [0, 0.05) is 32.7 Å². The van der Waals surface area contributed by atoms with Crippen LogP contribution in [0.25, 0.3) is 37.7 Å². The maximum Gasteiger partial charge on any atom is 0.213 e. The van der Waals surface area contributed by atoms with Gasteiger partial charge in [-0.05, 0) is 36.4 Å². The quantitative estimate of drug-likeness (QED) is 0.348. The van der Waals surface area contributed by atoms with Crippen molar-refractivity contribution in [2.24, 2.45) is 0 Å². The number of hydrogen-bond acceptors (Lipinski definition) is 6. The number of halogens is 1. The molecule has 0 aliphatic carbocycles. The number of fused-ring (bicyclic) bond motifs is 2. The molecule has 0 bridgehead atoms. The highest BCUT2D eigenvalue weighted by molar-refractivity contribution is 9.10. The summed E-state index contributed by atoms with van der Waals surface area (Å²) in [5.41, 5.74) is 3.51. The van der Waals surface area contributed by atoms with Crippen LogP contribution < -0.4 is 9.47 Å². The molecule has 1 N–H and O–H groups in total. The molecule has 0 saturated carbocycles. The van der Waals surface area contributed by atoms with Crippen LogP contribution >= 0.6 is 27.3 Å². The van der Waals surface area contributed by atoms with Gasteiger partial charge < -0.3 is 14.5 Å². The monoisotopic (exact) mass is 482 g/mol.